The van der Waals surface area contributed by atoms with Crippen molar-refractivity contribution in [2.24, 2.45) is 0 Å². The van der Waals surface area contributed by atoms with Crippen LogP contribution in [0.2, 0.25) is 5.02 Å². The van der Waals surface area contributed by atoms with Gasteiger partial charge in [-0.15, -0.1) is 0 Å². The number of nitrogens with zero attached hydrogens (tertiary/aromatic N) is 2. The third kappa shape index (κ3) is 5.00. The lowest BCUT2D eigenvalue weighted by molar-refractivity contribution is -0.137. The molecule has 22 heavy (non-hydrogen) atoms. The molecule has 0 atom stereocenters. The van der Waals surface area contributed by atoms with E-state index in [4.69, 9.17) is 11.6 Å². The molecule has 1 fully saturated rings. The number of piperidine rings is 1. The van der Waals surface area contributed by atoms with E-state index in [1.165, 1.54) is 0 Å². The summed E-state index contributed by atoms with van der Waals surface area (Å²) in [6, 6.07) is 0.878. The van der Waals surface area contributed by atoms with Crippen molar-refractivity contribution in [3.05, 3.63) is 22.8 Å². The number of nitrogens with one attached hydrogen (secondary N) is 1. The van der Waals surface area contributed by atoms with Crippen LogP contribution in [-0.4, -0.2) is 47.3 Å². The van der Waals surface area contributed by atoms with Crippen LogP contribution in [0, 0.1) is 0 Å². The number of anilines is 1. The lowest BCUT2D eigenvalue weighted by Crippen LogP contribution is -2.36. The molecule has 8 heteroatoms. The van der Waals surface area contributed by atoms with Gasteiger partial charge in [0, 0.05) is 25.8 Å². The quantitative estimate of drug-likeness (QED) is 0.811. The fourth-order valence-corrected chi connectivity index (χ4v) is 2.61. The minimum atomic E-state index is -4.44. The molecule has 2 rings (SSSR count). The summed E-state index contributed by atoms with van der Waals surface area (Å²) < 4.78 is 37.5. The minimum Gasteiger partial charge on any atom is -0.393 e. The summed E-state index contributed by atoms with van der Waals surface area (Å²) in [6.45, 7) is 3.20. The molecule has 0 aromatic carbocycles. The predicted molar refractivity (Wildman–Crippen MR) is 79.0 cm³/mol. The van der Waals surface area contributed by atoms with Crippen LogP contribution >= 0.6 is 11.6 Å². The predicted octanol–water partition coefficient (Wildman–Crippen LogP) is 3.01. The zero-order chi connectivity index (χ0) is 16.2. The number of pyridine rings is 1. The first kappa shape index (κ1) is 17.3. The lowest BCUT2D eigenvalue weighted by atomic mass is 10.1. The molecule has 1 aromatic rings. The van der Waals surface area contributed by atoms with E-state index in [1.807, 2.05) is 0 Å². The molecule has 0 unspecified atom stereocenters. The van der Waals surface area contributed by atoms with Gasteiger partial charge in [0.1, 0.15) is 5.82 Å². The van der Waals surface area contributed by atoms with Gasteiger partial charge in [-0.3, -0.25) is 0 Å². The van der Waals surface area contributed by atoms with Gasteiger partial charge in [-0.1, -0.05) is 11.6 Å². The number of aliphatic hydroxyl groups is 1. The second-order valence-corrected chi connectivity index (χ2v) is 5.81. The fourth-order valence-electron chi connectivity index (χ4n) is 2.38. The Balaban J connectivity index is 1.75. The standard InChI is InChI=1S/C14H19ClF3N3O/c15-12-8-10(14(16,17)18)9-20-13(12)19-4-1-5-21-6-2-11(22)3-7-21/h8-9,11,22H,1-7H2,(H,19,20). The Morgan fingerprint density at radius 2 is 2.05 bits per heavy atom. The smallest absolute Gasteiger partial charge is 0.393 e. The number of likely N-dealkylation sites (tertiary alicyclic amines) is 1. The average Bonchev–Trinajstić information content (AvgIpc) is 2.45. The number of aromatic nitrogens is 1. The van der Waals surface area contributed by atoms with Crippen molar-refractivity contribution in [2.75, 3.05) is 31.5 Å². The number of hydrogen-bond acceptors (Lipinski definition) is 4. The summed E-state index contributed by atoms with van der Waals surface area (Å²) in [6.07, 6.45) is -1.44. The molecule has 0 spiro atoms. The molecule has 2 heterocycles. The van der Waals surface area contributed by atoms with E-state index >= 15 is 0 Å². The van der Waals surface area contributed by atoms with Crippen molar-refractivity contribution in [3.63, 3.8) is 0 Å². The number of halogens is 4. The molecule has 0 radical (unpaired) electrons. The van der Waals surface area contributed by atoms with Crippen LogP contribution in [0.1, 0.15) is 24.8 Å². The second kappa shape index (κ2) is 7.48. The fraction of sp³-hybridized carbons (Fsp3) is 0.643. The first-order valence-electron chi connectivity index (χ1n) is 7.23. The molecule has 1 aliphatic heterocycles. The van der Waals surface area contributed by atoms with Crippen LogP contribution in [-0.2, 0) is 6.18 Å². The number of rotatable bonds is 5. The summed E-state index contributed by atoms with van der Waals surface area (Å²) in [5.41, 5.74) is -0.852. The maximum Gasteiger partial charge on any atom is 0.417 e. The molecule has 1 aliphatic rings. The van der Waals surface area contributed by atoms with Crippen LogP contribution < -0.4 is 5.32 Å². The van der Waals surface area contributed by atoms with Gasteiger partial charge in [0.2, 0.25) is 0 Å². The van der Waals surface area contributed by atoms with Crippen LogP contribution in [0.15, 0.2) is 12.3 Å². The van der Waals surface area contributed by atoms with E-state index in [-0.39, 0.29) is 16.9 Å². The summed E-state index contributed by atoms with van der Waals surface area (Å²) in [4.78, 5) is 5.99. The third-order valence-corrected chi connectivity index (χ3v) is 3.96. The van der Waals surface area contributed by atoms with Gasteiger partial charge in [0.15, 0.2) is 0 Å². The molecule has 2 N–H and O–H groups in total. The number of hydrogen-bond donors (Lipinski definition) is 2. The van der Waals surface area contributed by atoms with E-state index in [1.54, 1.807) is 0 Å². The molecule has 4 nitrogen and oxygen atoms in total. The third-order valence-electron chi connectivity index (χ3n) is 3.67. The molecule has 0 bridgehead atoms. The second-order valence-electron chi connectivity index (χ2n) is 5.41. The molecule has 0 saturated carbocycles. The molecule has 124 valence electrons. The summed E-state index contributed by atoms with van der Waals surface area (Å²) >= 11 is 5.82. The summed E-state index contributed by atoms with van der Waals surface area (Å²) in [5, 5.41) is 12.3. The Hall–Kier alpha value is -1.05. The summed E-state index contributed by atoms with van der Waals surface area (Å²) in [5.74, 6) is 0.267. The topological polar surface area (TPSA) is 48.4 Å². The highest BCUT2D eigenvalue weighted by Gasteiger charge is 2.31. The Morgan fingerprint density at radius 1 is 1.36 bits per heavy atom. The van der Waals surface area contributed by atoms with Gasteiger partial charge in [0.05, 0.1) is 16.7 Å². The molecule has 0 amide bonds. The largest absolute Gasteiger partial charge is 0.417 e. The maximum absolute atomic E-state index is 12.5. The SMILES string of the molecule is OC1CCN(CCCNc2ncc(C(F)(F)F)cc2Cl)CC1. The molecule has 0 aliphatic carbocycles. The van der Waals surface area contributed by atoms with Crippen molar-refractivity contribution < 1.29 is 18.3 Å². The van der Waals surface area contributed by atoms with Gasteiger partial charge in [0.25, 0.3) is 0 Å². The van der Waals surface area contributed by atoms with E-state index in [9.17, 15) is 18.3 Å². The van der Waals surface area contributed by atoms with Crippen molar-refractivity contribution >= 4 is 17.4 Å². The Bertz CT molecular complexity index is 491. The maximum atomic E-state index is 12.5. The zero-order valence-electron chi connectivity index (χ0n) is 12.0. The Labute approximate surface area is 132 Å². The van der Waals surface area contributed by atoms with E-state index in [2.05, 4.69) is 15.2 Å². The molecular weight excluding hydrogens is 319 g/mol. The van der Waals surface area contributed by atoms with E-state index < -0.39 is 11.7 Å². The number of alkyl halides is 3. The van der Waals surface area contributed by atoms with Crippen molar-refractivity contribution in [1.82, 2.24) is 9.88 Å². The Kier molecular flexibility index (Phi) is 5.88. The highest BCUT2D eigenvalue weighted by atomic mass is 35.5. The van der Waals surface area contributed by atoms with Gasteiger partial charge < -0.3 is 15.3 Å². The van der Waals surface area contributed by atoms with Crippen molar-refractivity contribution in [1.29, 1.82) is 0 Å². The normalized spacial score (nSPS) is 17.7. The lowest BCUT2D eigenvalue weighted by Gasteiger charge is -2.29. The van der Waals surface area contributed by atoms with Crippen LogP contribution in [0.3, 0.4) is 0 Å². The first-order chi connectivity index (χ1) is 10.4. The monoisotopic (exact) mass is 337 g/mol. The average molecular weight is 338 g/mol. The molecule has 1 aromatic heterocycles. The van der Waals surface area contributed by atoms with E-state index in [0.29, 0.717) is 6.54 Å². The minimum absolute atomic E-state index is 0.0316. The van der Waals surface area contributed by atoms with Gasteiger partial charge in [-0.05, 0) is 31.9 Å². The van der Waals surface area contributed by atoms with Gasteiger partial charge >= 0.3 is 6.18 Å². The van der Waals surface area contributed by atoms with Gasteiger partial charge in [-0.2, -0.15) is 13.2 Å². The summed E-state index contributed by atoms with van der Waals surface area (Å²) in [7, 11) is 0. The van der Waals surface area contributed by atoms with Crippen LogP contribution in [0.25, 0.3) is 0 Å². The van der Waals surface area contributed by atoms with Crippen molar-refractivity contribution in [2.45, 2.75) is 31.5 Å². The highest BCUT2D eigenvalue weighted by Crippen LogP contribution is 2.32. The first-order valence-corrected chi connectivity index (χ1v) is 7.61. The molecular formula is C14H19ClF3N3O. The van der Waals surface area contributed by atoms with Gasteiger partial charge in [-0.25, -0.2) is 4.98 Å². The highest BCUT2D eigenvalue weighted by molar-refractivity contribution is 6.32. The number of aliphatic hydroxyl groups excluding tert-OH is 1. The van der Waals surface area contributed by atoms with Crippen LogP contribution in [0.5, 0.6) is 0 Å². The van der Waals surface area contributed by atoms with Crippen molar-refractivity contribution in [3.8, 4) is 0 Å². The molecule has 1 saturated heterocycles. The Morgan fingerprint density at radius 3 is 2.64 bits per heavy atom. The van der Waals surface area contributed by atoms with E-state index in [0.717, 1.165) is 51.2 Å². The van der Waals surface area contributed by atoms with Crippen LogP contribution in [0.4, 0.5) is 19.0 Å². The zero-order valence-corrected chi connectivity index (χ0v) is 12.8.